The maximum Gasteiger partial charge on any atom is 0.287 e. The van der Waals surface area contributed by atoms with Crippen molar-refractivity contribution in [2.24, 2.45) is 0 Å². The predicted octanol–water partition coefficient (Wildman–Crippen LogP) is 2.74. The van der Waals surface area contributed by atoms with Crippen molar-refractivity contribution in [1.82, 2.24) is 9.71 Å². The zero-order valence-corrected chi connectivity index (χ0v) is 18.5. The van der Waals surface area contributed by atoms with Crippen molar-refractivity contribution in [2.75, 3.05) is 7.11 Å². The predicted molar refractivity (Wildman–Crippen MR) is 112 cm³/mol. The first-order chi connectivity index (χ1) is 13.9. The van der Waals surface area contributed by atoms with Crippen LogP contribution in [0.5, 0.6) is 5.88 Å². The van der Waals surface area contributed by atoms with Gasteiger partial charge in [-0.3, -0.25) is 9.35 Å². The Hall–Kier alpha value is -2.61. The van der Waals surface area contributed by atoms with Crippen LogP contribution in [0.4, 0.5) is 4.39 Å². The first-order valence-electron chi connectivity index (χ1n) is 7.67. The molecule has 0 aliphatic rings. The fourth-order valence-electron chi connectivity index (χ4n) is 1.68. The molecule has 0 saturated carbocycles. The molecule has 2 aromatic rings. The molecule has 0 unspecified atom stereocenters. The molecule has 1 aromatic carbocycles. The Labute approximate surface area is 181 Å². The molecule has 1 amide bonds. The molecule has 13 heteroatoms. The molecule has 0 bridgehead atoms. The summed E-state index contributed by atoms with van der Waals surface area (Å²) in [5.74, 6) is -0.948. The van der Waals surface area contributed by atoms with E-state index in [2.05, 4.69) is 27.5 Å². The number of benzene rings is 1. The number of hydrogen-bond acceptors (Lipinski definition) is 7. The number of carbonyl (C=O) groups is 1. The summed E-state index contributed by atoms with van der Waals surface area (Å²) in [5, 5.41) is 1.30. The molecule has 0 saturated heterocycles. The Morgan fingerprint density at radius 3 is 2.40 bits per heavy atom. The van der Waals surface area contributed by atoms with E-state index in [1.54, 1.807) is 16.9 Å². The number of nitrogens with one attached hydrogen (secondary N) is 1. The van der Waals surface area contributed by atoms with Crippen LogP contribution in [0.15, 0.2) is 58.4 Å². The highest BCUT2D eigenvalue weighted by atomic mass is 79.9. The number of halogens is 2. The molecule has 162 valence electrons. The smallest absolute Gasteiger partial charge is 0.287 e. The lowest BCUT2D eigenvalue weighted by molar-refractivity contribution is 0.0981. The van der Waals surface area contributed by atoms with Gasteiger partial charge in [0.05, 0.1) is 18.1 Å². The summed E-state index contributed by atoms with van der Waals surface area (Å²) < 4.78 is 70.6. The fourth-order valence-corrected chi connectivity index (χ4v) is 2.99. The minimum atomic E-state index is -4.08. The number of pyridine rings is 1. The summed E-state index contributed by atoms with van der Waals surface area (Å²) in [6.45, 7) is 3.04. The Morgan fingerprint density at radius 1 is 1.27 bits per heavy atom. The van der Waals surface area contributed by atoms with Gasteiger partial charge >= 0.3 is 0 Å². The molecule has 0 aliphatic heterocycles. The van der Waals surface area contributed by atoms with Crippen LogP contribution in [0.25, 0.3) is 6.08 Å². The second kappa shape index (κ2) is 11.0. The first-order valence-corrected chi connectivity index (χ1v) is 11.5. The monoisotopic (exact) mass is 522 g/mol. The summed E-state index contributed by atoms with van der Waals surface area (Å²) >= 11 is 2.96. The average Bonchev–Trinajstić information content (AvgIpc) is 2.66. The quantitative estimate of drug-likeness (QED) is 0.551. The molecule has 2 rings (SSSR count). The summed E-state index contributed by atoms with van der Waals surface area (Å²) in [4.78, 5) is 15.3. The van der Waals surface area contributed by atoms with Gasteiger partial charge in [-0.05, 0) is 51.8 Å². The van der Waals surface area contributed by atoms with Crippen LogP contribution >= 0.6 is 15.9 Å². The lowest BCUT2D eigenvalue weighted by atomic mass is 10.2. The third-order valence-electron chi connectivity index (χ3n) is 3.03. The molecular formula is C17H16BrFN2O7S2. The number of ether oxygens (including phenoxy) is 1. The number of amides is 1. The maximum absolute atomic E-state index is 12.7. The number of aromatic nitrogens is 1. The van der Waals surface area contributed by atoms with Crippen molar-refractivity contribution in [1.29, 1.82) is 0 Å². The molecule has 0 radical (unpaired) electrons. The second-order valence-corrected chi connectivity index (χ2v) is 9.00. The zero-order valence-electron chi connectivity index (χ0n) is 15.3. The highest BCUT2D eigenvalue weighted by molar-refractivity contribution is 9.10. The van der Waals surface area contributed by atoms with E-state index < -0.39 is 31.9 Å². The van der Waals surface area contributed by atoms with Crippen LogP contribution in [0, 0.1) is 5.82 Å². The van der Waals surface area contributed by atoms with E-state index in [9.17, 15) is 26.0 Å². The summed E-state index contributed by atoms with van der Waals surface area (Å²) in [7, 11) is -6.44. The van der Waals surface area contributed by atoms with E-state index in [1.807, 2.05) is 0 Å². The van der Waals surface area contributed by atoms with Crippen molar-refractivity contribution in [3.05, 3.63) is 75.3 Å². The zero-order chi connectivity index (χ0) is 22.9. The van der Waals surface area contributed by atoms with Crippen molar-refractivity contribution >= 4 is 48.1 Å². The number of hydrogen-bond donors (Lipinski definition) is 2. The number of methoxy groups -OCH3 is 1. The molecule has 0 aliphatic carbocycles. The van der Waals surface area contributed by atoms with Gasteiger partial charge in [0.1, 0.15) is 5.82 Å². The molecule has 0 atom stereocenters. The van der Waals surface area contributed by atoms with Gasteiger partial charge < -0.3 is 4.74 Å². The van der Waals surface area contributed by atoms with Gasteiger partial charge in [0, 0.05) is 22.1 Å². The van der Waals surface area contributed by atoms with Crippen molar-refractivity contribution in [3.8, 4) is 5.88 Å². The minimum Gasteiger partial charge on any atom is -0.481 e. The van der Waals surface area contributed by atoms with Gasteiger partial charge in [-0.25, -0.2) is 22.5 Å². The van der Waals surface area contributed by atoms with Crippen LogP contribution in [0.1, 0.15) is 15.9 Å². The third kappa shape index (κ3) is 9.26. The molecule has 1 heterocycles. The average molecular weight is 523 g/mol. The molecule has 0 spiro atoms. The first kappa shape index (κ1) is 25.4. The summed E-state index contributed by atoms with van der Waals surface area (Å²) in [5.41, 5.74) is 0.579. The van der Waals surface area contributed by atoms with E-state index in [4.69, 9.17) is 9.29 Å². The van der Waals surface area contributed by atoms with E-state index in [1.165, 1.54) is 25.4 Å². The van der Waals surface area contributed by atoms with E-state index in [0.29, 0.717) is 22.3 Å². The van der Waals surface area contributed by atoms with Gasteiger partial charge in [-0.1, -0.05) is 6.58 Å². The van der Waals surface area contributed by atoms with Gasteiger partial charge in [0.15, 0.2) is 0 Å². The van der Waals surface area contributed by atoms with Gasteiger partial charge in [0.2, 0.25) is 5.88 Å². The van der Waals surface area contributed by atoms with Gasteiger partial charge in [-0.2, -0.15) is 8.42 Å². The fraction of sp³-hybridized carbons (Fsp3) is 0.0588. The Kier molecular flexibility index (Phi) is 9.29. The third-order valence-corrected chi connectivity index (χ3v) is 5.08. The molecule has 2 N–H and O–H groups in total. The summed E-state index contributed by atoms with van der Waals surface area (Å²) in [6, 6.07) is 6.50. The van der Waals surface area contributed by atoms with Crippen molar-refractivity contribution < 1.29 is 35.3 Å². The SMILES string of the molecule is C=CS(=O)(=O)NC(=O)c1ccc(F)cc1Br.COc1ccc(/C=C/S(=O)(=O)O)cn1. The van der Waals surface area contributed by atoms with Crippen LogP contribution in [0.3, 0.4) is 0 Å². The molecule has 1 aromatic heterocycles. The van der Waals surface area contributed by atoms with Crippen LogP contribution in [0.2, 0.25) is 0 Å². The van der Waals surface area contributed by atoms with E-state index in [-0.39, 0.29) is 10.0 Å². The lowest BCUT2D eigenvalue weighted by Gasteiger charge is -2.04. The Bertz CT molecular complexity index is 1150. The maximum atomic E-state index is 12.7. The molecular weight excluding hydrogens is 507 g/mol. The second-order valence-electron chi connectivity index (χ2n) is 5.22. The van der Waals surface area contributed by atoms with Gasteiger partial charge in [0.25, 0.3) is 26.0 Å². The number of nitrogens with zero attached hydrogens (tertiary/aromatic N) is 1. The van der Waals surface area contributed by atoms with E-state index >= 15 is 0 Å². The van der Waals surface area contributed by atoms with E-state index in [0.717, 1.165) is 12.1 Å². The Morgan fingerprint density at radius 2 is 1.93 bits per heavy atom. The van der Waals surface area contributed by atoms with Crippen LogP contribution in [-0.4, -0.2) is 39.4 Å². The normalized spacial score (nSPS) is 11.3. The highest BCUT2D eigenvalue weighted by Gasteiger charge is 2.15. The minimum absolute atomic E-state index is 0.0202. The van der Waals surface area contributed by atoms with Crippen molar-refractivity contribution in [2.45, 2.75) is 0 Å². The molecule has 0 fully saturated rings. The van der Waals surface area contributed by atoms with Gasteiger partial charge in [-0.15, -0.1) is 0 Å². The molecule has 30 heavy (non-hydrogen) atoms. The number of sulfonamides is 1. The van der Waals surface area contributed by atoms with Crippen LogP contribution in [-0.2, 0) is 20.1 Å². The summed E-state index contributed by atoms with van der Waals surface area (Å²) in [6.07, 6.45) is 2.67. The van der Waals surface area contributed by atoms with Crippen molar-refractivity contribution in [3.63, 3.8) is 0 Å². The highest BCUT2D eigenvalue weighted by Crippen LogP contribution is 2.18. The Balaban J connectivity index is 0.000000303. The largest absolute Gasteiger partial charge is 0.481 e. The standard InChI is InChI=1S/C9H7BrFNO3S.C8H9NO4S/c1-2-16(14,15)12-9(13)7-4-3-6(11)5-8(7)10;1-13-8-3-2-7(6-9-8)4-5-14(10,11)12/h2-5H,1H2,(H,12,13);2-6H,1H3,(H,10,11,12)/b;5-4+. The lowest BCUT2D eigenvalue weighted by Crippen LogP contribution is -2.28. The number of carbonyl (C=O) groups excluding carboxylic acids is 1. The topological polar surface area (TPSA) is 140 Å². The number of rotatable bonds is 6. The molecule has 9 nitrogen and oxygen atoms in total. The van der Waals surface area contributed by atoms with Crippen LogP contribution < -0.4 is 9.46 Å².